The summed E-state index contributed by atoms with van der Waals surface area (Å²) in [5.74, 6) is 3.35. The molecule has 1 aliphatic heterocycles. The summed E-state index contributed by atoms with van der Waals surface area (Å²) < 4.78 is 12.2. The van der Waals surface area contributed by atoms with Crippen molar-refractivity contribution in [2.75, 3.05) is 32.2 Å². The molecule has 142 valence electrons. The molecule has 1 fully saturated rings. The molecular weight excluding hydrogens is 344 g/mol. The number of fused-ring (bicyclic) bond motifs is 1. The van der Waals surface area contributed by atoms with Crippen LogP contribution in [0.4, 0.5) is 5.82 Å². The zero-order chi connectivity index (χ0) is 18.6. The van der Waals surface area contributed by atoms with Crippen LogP contribution in [0.15, 0.2) is 30.3 Å². The van der Waals surface area contributed by atoms with Gasteiger partial charge in [0, 0.05) is 19.2 Å². The van der Waals surface area contributed by atoms with E-state index in [1.807, 2.05) is 18.2 Å². The summed E-state index contributed by atoms with van der Waals surface area (Å²) in [6.45, 7) is 2.01. The minimum absolute atomic E-state index is 0.669. The highest BCUT2D eigenvalue weighted by Crippen LogP contribution is 2.28. The number of hydrogen-bond donors (Lipinski definition) is 0. The van der Waals surface area contributed by atoms with Gasteiger partial charge in [0.1, 0.15) is 11.5 Å². The molecule has 27 heavy (non-hydrogen) atoms. The highest BCUT2D eigenvalue weighted by Gasteiger charge is 2.21. The molecular formula is C19H24N6O2. The van der Waals surface area contributed by atoms with E-state index in [-0.39, 0.29) is 0 Å². The fourth-order valence-corrected chi connectivity index (χ4v) is 3.64. The van der Waals surface area contributed by atoms with Crippen LogP contribution in [0.3, 0.4) is 0 Å². The van der Waals surface area contributed by atoms with Gasteiger partial charge in [0.15, 0.2) is 11.5 Å². The second kappa shape index (κ2) is 7.77. The monoisotopic (exact) mass is 368 g/mol. The fourth-order valence-electron chi connectivity index (χ4n) is 3.64. The third-order valence-electron chi connectivity index (χ3n) is 5.25. The van der Waals surface area contributed by atoms with Crippen LogP contribution in [0.5, 0.6) is 11.5 Å². The first-order valence-electron chi connectivity index (χ1n) is 9.27. The Kier molecular flexibility index (Phi) is 5.04. The Labute approximate surface area is 158 Å². The number of rotatable bonds is 6. The number of methoxy groups -OCH3 is 2. The maximum atomic E-state index is 5.37. The fraction of sp³-hybridized carbons (Fsp3) is 0.474. The number of piperidine rings is 1. The van der Waals surface area contributed by atoms with E-state index in [4.69, 9.17) is 9.47 Å². The topological polar surface area (TPSA) is 77.7 Å². The van der Waals surface area contributed by atoms with Crippen LogP contribution in [-0.2, 0) is 6.42 Å². The zero-order valence-electron chi connectivity index (χ0n) is 15.7. The molecule has 0 spiro atoms. The zero-order valence-corrected chi connectivity index (χ0v) is 15.7. The van der Waals surface area contributed by atoms with Crippen molar-refractivity contribution in [3.05, 3.63) is 35.9 Å². The third-order valence-corrected chi connectivity index (χ3v) is 5.25. The molecule has 8 heteroatoms. The molecule has 4 rings (SSSR count). The van der Waals surface area contributed by atoms with E-state index in [9.17, 15) is 0 Å². The summed E-state index contributed by atoms with van der Waals surface area (Å²) >= 11 is 0. The van der Waals surface area contributed by atoms with Crippen molar-refractivity contribution < 1.29 is 9.47 Å². The number of aromatic nitrogens is 5. The first-order valence-corrected chi connectivity index (χ1v) is 9.27. The van der Waals surface area contributed by atoms with Crippen LogP contribution in [0.1, 0.15) is 24.8 Å². The first kappa shape index (κ1) is 17.5. The molecule has 0 unspecified atom stereocenters. The molecule has 1 saturated heterocycles. The van der Waals surface area contributed by atoms with E-state index < -0.39 is 0 Å². The van der Waals surface area contributed by atoms with Gasteiger partial charge in [-0.15, -0.1) is 14.8 Å². The number of anilines is 1. The smallest absolute Gasteiger partial charge is 0.200 e. The number of benzene rings is 1. The van der Waals surface area contributed by atoms with Gasteiger partial charge in [-0.2, -0.15) is 0 Å². The number of hydrogen-bond acceptors (Lipinski definition) is 7. The van der Waals surface area contributed by atoms with Crippen molar-refractivity contribution in [3.63, 3.8) is 0 Å². The van der Waals surface area contributed by atoms with Crippen LogP contribution in [0.2, 0.25) is 0 Å². The molecule has 0 bridgehead atoms. The highest BCUT2D eigenvalue weighted by molar-refractivity contribution is 5.44. The van der Waals surface area contributed by atoms with E-state index in [1.165, 1.54) is 16.6 Å². The van der Waals surface area contributed by atoms with Gasteiger partial charge in [-0.25, -0.2) is 0 Å². The minimum atomic E-state index is 0.669. The van der Waals surface area contributed by atoms with Crippen LogP contribution < -0.4 is 14.4 Å². The summed E-state index contributed by atoms with van der Waals surface area (Å²) in [6.07, 6.45) is 4.53. The SMILES string of the molecule is COc1cc(CCC2CCN(c3ccc4nnnn4n3)CC2)cc(OC)c1. The Balaban J connectivity index is 1.33. The van der Waals surface area contributed by atoms with E-state index >= 15 is 0 Å². The van der Waals surface area contributed by atoms with Gasteiger partial charge in [-0.1, -0.05) is 0 Å². The van der Waals surface area contributed by atoms with Crippen LogP contribution in [0, 0.1) is 5.92 Å². The number of ether oxygens (including phenoxy) is 2. The van der Waals surface area contributed by atoms with Crippen molar-refractivity contribution in [2.24, 2.45) is 5.92 Å². The molecule has 2 aromatic heterocycles. The second-order valence-electron chi connectivity index (χ2n) is 6.91. The van der Waals surface area contributed by atoms with Crippen molar-refractivity contribution in [3.8, 4) is 11.5 Å². The van der Waals surface area contributed by atoms with Gasteiger partial charge < -0.3 is 14.4 Å². The highest BCUT2D eigenvalue weighted by atomic mass is 16.5. The van der Waals surface area contributed by atoms with Crippen molar-refractivity contribution >= 4 is 11.5 Å². The number of tetrazole rings is 1. The quantitative estimate of drug-likeness (QED) is 0.661. The molecule has 1 aliphatic rings. The average Bonchev–Trinajstić information content (AvgIpc) is 3.20. The second-order valence-corrected chi connectivity index (χ2v) is 6.91. The lowest BCUT2D eigenvalue weighted by Gasteiger charge is -2.32. The Morgan fingerprint density at radius 2 is 1.78 bits per heavy atom. The summed E-state index contributed by atoms with van der Waals surface area (Å²) in [5, 5.41) is 15.9. The van der Waals surface area contributed by atoms with E-state index in [0.29, 0.717) is 5.65 Å². The van der Waals surface area contributed by atoms with Crippen LogP contribution in [0.25, 0.3) is 5.65 Å². The van der Waals surface area contributed by atoms with Crippen LogP contribution in [-0.4, -0.2) is 52.6 Å². The van der Waals surface area contributed by atoms with E-state index in [1.54, 1.807) is 14.2 Å². The normalized spacial score (nSPS) is 15.3. The van der Waals surface area contributed by atoms with Gasteiger partial charge in [-0.05, 0) is 71.9 Å². The maximum Gasteiger partial charge on any atom is 0.200 e. The molecule has 0 saturated carbocycles. The first-order chi connectivity index (χ1) is 13.2. The van der Waals surface area contributed by atoms with Crippen molar-refractivity contribution in [1.82, 2.24) is 25.3 Å². The predicted molar refractivity (Wildman–Crippen MR) is 101 cm³/mol. The maximum absolute atomic E-state index is 5.37. The summed E-state index contributed by atoms with van der Waals surface area (Å²) in [6, 6.07) is 10.0. The number of aryl methyl sites for hydroxylation is 1. The molecule has 0 amide bonds. The molecule has 8 nitrogen and oxygen atoms in total. The van der Waals surface area contributed by atoms with Gasteiger partial charge in [0.05, 0.1) is 14.2 Å². The molecule has 0 aliphatic carbocycles. The molecule has 0 radical (unpaired) electrons. The Morgan fingerprint density at radius 1 is 1.04 bits per heavy atom. The van der Waals surface area contributed by atoms with Gasteiger partial charge in [-0.3, -0.25) is 0 Å². The molecule has 0 atom stereocenters. The summed E-state index contributed by atoms with van der Waals surface area (Å²) in [5.41, 5.74) is 1.93. The number of nitrogens with zero attached hydrogens (tertiary/aromatic N) is 6. The lowest BCUT2D eigenvalue weighted by atomic mass is 9.90. The van der Waals surface area contributed by atoms with Gasteiger partial charge in [0.2, 0.25) is 0 Å². The molecule has 0 N–H and O–H groups in total. The summed E-state index contributed by atoms with van der Waals surface area (Å²) in [7, 11) is 3.38. The Bertz CT molecular complexity index is 882. The Hall–Kier alpha value is -2.90. The summed E-state index contributed by atoms with van der Waals surface area (Å²) in [4.78, 5) is 2.31. The van der Waals surface area contributed by atoms with Gasteiger partial charge >= 0.3 is 0 Å². The molecule has 3 heterocycles. The van der Waals surface area contributed by atoms with Crippen molar-refractivity contribution in [1.29, 1.82) is 0 Å². The lowest BCUT2D eigenvalue weighted by molar-refractivity contribution is 0.376. The van der Waals surface area contributed by atoms with Crippen molar-refractivity contribution in [2.45, 2.75) is 25.7 Å². The molecule has 3 aromatic rings. The van der Waals surface area contributed by atoms with Crippen LogP contribution >= 0.6 is 0 Å². The lowest BCUT2D eigenvalue weighted by Crippen LogP contribution is -2.34. The largest absolute Gasteiger partial charge is 0.497 e. The third kappa shape index (κ3) is 3.94. The van der Waals surface area contributed by atoms with Gasteiger partial charge in [0.25, 0.3) is 0 Å². The predicted octanol–water partition coefficient (Wildman–Crippen LogP) is 2.39. The molecule has 1 aromatic carbocycles. The Morgan fingerprint density at radius 3 is 2.48 bits per heavy atom. The van der Waals surface area contributed by atoms with E-state index in [0.717, 1.165) is 55.6 Å². The average molecular weight is 368 g/mol. The van der Waals surface area contributed by atoms with E-state index in [2.05, 4.69) is 37.7 Å². The standard InChI is InChI=1S/C19H24N6O2/c1-26-16-11-15(12-17(13-16)27-2)4-3-14-7-9-24(10-8-14)19-6-5-18-20-22-23-25(18)21-19/h5-6,11-14H,3-4,7-10H2,1-2H3. The minimum Gasteiger partial charge on any atom is -0.497 e.